The Morgan fingerprint density at radius 3 is 2.43 bits per heavy atom. The number of amides is 1. The van der Waals surface area contributed by atoms with Gasteiger partial charge >= 0.3 is 12.4 Å². The molecule has 1 fully saturated rings. The maximum atomic E-state index is 12.4. The van der Waals surface area contributed by atoms with E-state index in [9.17, 15) is 31.1 Å². The summed E-state index contributed by atoms with van der Waals surface area (Å²) in [6, 6.07) is 4.55. The normalized spacial score (nSPS) is 19.3. The van der Waals surface area contributed by atoms with Crippen molar-refractivity contribution in [3.63, 3.8) is 0 Å². The number of halogens is 6. The fourth-order valence-electron chi connectivity index (χ4n) is 2.45. The van der Waals surface area contributed by atoms with Gasteiger partial charge in [-0.3, -0.25) is 4.79 Å². The van der Waals surface area contributed by atoms with Crippen molar-refractivity contribution in [1.82, 2.24) is 4.90 Å². The van der Waals surface area contributed by atoms with Gasteiger partial charge in [0.25, 0.3) is 0 Å². The first-order valence-electron chi connectivity index (χ1n) is 6.81. The smallest absolute Gasteiger partial charge is 0.374 e. The van der Waals surface area contributed by atoms with E-state index in [1.54, 1.807) is 0 Å². The largest absolute Gasteiger partial charge is 0.406 e. The summed E-state index contributed by atoms with van der Waals surface area (Å²) in [4.78, 5) is 12.6. The van der Waals surface area contributed by atoms with Crippen molar-refractivity contribution in [2.24, 2.45) is 0 Å². The molecule has 9 heteroatoms. The third-order valence-electron chi connectivity index (χ3n) is 3.34. The van der Waals surface area contributed by atoms with Crippen LogP contribution in [0.15, 0.2) is 24.3 Å². The summed E-state index contributed by atoms with van der Waals surface area (Å²) in [7, 11) is 0. The standard InChI is InChI=1S/C14H14F6N2O/c15-13(16,17)7-9-2-1-3-10(6-9)21-11-4-5-22(12(11)23)8-14(18,19)20/h1-3,6,11,21H,4-5,7-8H2/t11-/m0/s1. The van der Waals surface area contributed by atoms with Gasteiger partial charge in [-0.2, -0.15) is 26.3 Å². The Morgan fingerprint density at radius 1 is 1.13 bits per heavy atom. The number of hydrogen-bond acceptors (Lipinski definition) is 2. The van der Waals surface area contributed by atoms with Crippen LogP contribution in [0.1, 0.15) is 12.0 Å². The molecule has 1 amide bonds. The van der Waals surface area contributed by atoms with Crippen molar-refractivity contribution < 1.29 is 31.1 Å². The van der Waals surface area contributed by atoms with E-state index < -0.39 is 37.3 Å². The van der Waals surface area contributed by atoms with Crippen LogP contribution in [0.4, 0.5) is 32.0 Å². The first kappa shape index (κ1) is 17.4. The Balaban J connectivity index is 2.00. The lowest BCUT2D eigenvalue weighted by Gasteiger charge is -2.19. The zero-order chi connectivity index (χ0) is 17.3. The fraction of sp³-hybridized carbons (Fsp3) is 0.500. The van der Waals surface area contributed by atoms with Crippen molar-refractivity contribution >= 4 is 11.6 Å². The Morgan fingerprint density at radius 2 is 1.83 bits per heavy atom. The number of carbonyl (C=O) groups is 1. The molecule has 0 spiro atoms. The van der Waals surface area contributed by atoms with Crippen LogP contribution in [0.2, 0.25) is 0 Å². The third kappa shape index (κ3) is 5.33. The molecule has 1 N–H and O–H groups in total. The lowest BCUT2D eigenvalue weighted by Crippen LogP contribution is -2.39. The molecule has 0 saturated carbocycles. The molecule has 0 radical (unpaired) electrons. The van der Waals surface area contributed by atoms with Gasteiger partial charge in [-0.15, -0.1) is 0 Å². The number of nitrogens with one attached hydrogen (secondary N) is 1. The molecule has 1 aromatic carbocycles. The van der Waals surface area contributed by atoms with Crippen molar-refractivity contribution in [3.8, 4) is 0 Å². The van der Waals surface area contributed by atoms with E-state index >= 15 is 0 Å². The molecule has 23 heavy (non-hydrogen) atoms. The molecule has 1 aromatic rings. The van der Waals surface area contributed by atoms with E-state index in [-0.39, 0.29) is 24.2 Å². The van der Waals surface area contributed by atoms with Crippen LogP contribution in [0, 0.1) is 0 Å². The maximum absolute atomic E-state index is 12.4. The molecule has 1 atom stereocenters. The SMILES string of the molecule is O=C1[C@@H](Nc2cccc(CC(F)(F)F)c2)CCN1CC(F)(F)F. The first-order chi connectivity index (χ1) is 10.5. The Bertz CT molecular complexity index is 569. The summed E-state index contributed by atoms with van der Waals surface area (Å²) in [6.07, 6.45) is -9.78. The second-order valence-corrected chi connectivity index (χ2v) is 5.35. The van der Waals surface area contributed by atoms with E-state index in [1.165, 1.54) is 24.3 Å². The highest BCUT2D eigenvalue weighted by Gasteiger charge is 2.39. The van der Waals surface area contributed by atoms with Crippen LogP contribution < -0.4 is 5.32 Å². The molecule has 0 aromatic heterocycles. The van der Waals surface area contributed by atoms with Crippen LogP contribution in [0.3, 0.4) is 0 Å². The van der Waals surface area contributed by atoms with Crippen LogP contribution in [-0.4, -0.2) is 42.3 Å². The van der Waals surface area contributed by atoms with Crippen molar-refractivity contribution in [2.75, 3.05) is 18.4 Å². The molecule has 1 saturated heterocycles. The van der Waals surface area contributed by atoms with Crippen LogP contribution >= 0.6 is 0 Å². The topological polar surface area (TPSA) is 32.3 Å². The highest BCUT2D eigenvalue weighted by atomic mass is 19.4. The Hall–Kier alpha value is -1.93. The quantitative estimate of drug-likeness (QED) is 0.853. The monoisotopic (exact) mass is 340 g/mol. The number of alkyl halides is 6. The summed E-state index contributed by atoms with van der Waals surface area (Å²) in [5.41, 5.74) is 0.291. The molecule has 0 aliphatic carbocycles. The minimum absolute atomic E-state index is 0.0140. The predicted octanol–water partition coefficient (Wildman–Crippen LogP) is 3.37. The molecule has 2 rings (SSSR count). The van der Waals surface area contributed by atoms with Crippen LogP contribution in [0.25, 0.3) is 0 Å². The van der Waals surface area contributed by atoms with Gasteiger partial charge in [0, 0.05) is 12.2 Å². The maximum Gasteiger partial charge on any atom is 0.406 e. The summed E-state index contributed by atoms with van der Waals surface area (Å²) < 4.78 is 74.1. The predicted molar refractivity (Wildman–Crippen MR) is 70.9 cm³/mol. The van der Waals surface area contributed by atoms with E-state index in [1.807, 2.05) is 0 Å². The summed E-state index contributed by atoms with van der Waals surface area (Å²) >= 11 is 0. The Labute approximate surface area is 128 Å². The van der Waals surface area contributed by atoms with Gasteiger partial charge in [-0.25, -0.2) is 0 Å². The van der Waals surface area contributed by atoms with Gasteiger partial charge in [-0.05, 0) is 24.1 Å². The molecule has 1 heterocycles. The molecule has 0 bridgehead atoms. The number of likely N-dealkylation sites (tertiary alicyclic amines) is 1. The lowest BCUT2D eigenvalue weighted by atomic mass is 10.1. The summed E-state index contributed by atoms with van der Waals surface area (Å²) in [5, 5.41) is 2.71. The molecule has 1 aliphatic rings. The average Bonchev–Trinajstić information content (AvgIpc) is 2.68. The van der Waals surface area contributed by atoms with Crippen molar-refractivity contribution in [2.45, 2.75) is 31.2 Å². The summed E-state index contributed by atoms with van der Waals surface area (Å²) in [5.74, 6) is -0.705. The zero-order valence-corrected chi connectivity index (χ0v) is 11.8. The molecule has 1 aliphatic heterocycles. The lowest BCUT2D eigenvalue weighted by molar-refractivity contribution is -0.157. The van der Waals surface area contributed by atoms with Gasteiger partial charge in [0.15, 0.2) is 0 Å². The highest BCUT2D eigenvalue weighted by molar-refractivity contribution is 5.86. The van der Waals surface area contributed by atoms with Gasteiger partial charge in [-0.1, -0.05) is 12.1 Å². The number of benzene rings is 1. The number of nitrogens with zero attached hydrogens (tertiary/aromatic N) is 1. The minimum atomic E-state index is -4.48. The molecule has 0 unspecified atom stereocenters. The molecular weight excluding hydrogens is 326 g/mol. The average molecular weight is 340 g/mol. The molecule has 3 nitrogen and oxygen atoms in total. The highest BCUT2D eigenvalue weighted by Crippen LogP contribution is 2.25. The van der Waals surface area contributed by atoms with Gasteiger partial charge in [0.05, 0.1) is 6.42 Å². The van der Waals surface area contributed by atoms with Crippen LogP contribution in [0.5, 0.6) is 0 Å². The number of rotatable bonds is 4. The van der Waals surface area contributed by atoms with Gasteiger partial charge in [0.2, 0.25) is 5.91 Å². The van der Waals surface area contributed by atoms with E-state index in [4.69, 9.17) is 0 Å². The van der Waals surface area contributed by atoms with E-state index in [0.29, 0.717) is 4.90 Å². The second-order valence-electron chi connectivity index (χ2n) is 5.35. The third-order valence-corrected chi connectivity index (χ3v) is 3.34. The van der Waals surface area contributed by atoms with Crippen molar-refractivity contribution in [3.05, 3.63) is 29.8 Å². The number of anilines is 1. The first-order valence-corrected chi connectivity index (χ1v) is 6.81. The van der Waals surface area contributed by atoms with Crippen molar-refractivity contribution in [1.29, 1.82) is 0 Å². The van der Waals surface area contributed by atoms with Gasteiger partial charge in [0.1, 0.15) is 12.6 Å². The minimum Gasteiger partial charge on any atom is -0.374 e. The van der Waals surface area contributed by atoms with Gasteiger partial charge < -0.3 is 10.2 Å². The van der Waals surface area contributed by atoms with Crippen LogP contribution in [-0.2, 0) is 11.2 Å². The van der Waals surface area contributed by atoms with E-state index in [2.05, 4.69) is 5.32 Å². The van der Waals surface area contributed by atoms with E-state index in [0.717, 1.165) is 0 Å². The number of carbonyl (C=O) groups excluding carboxylic acids is 1. The molecular formula is C14H14F6N2O. The summed E-state index contributed by atoms with van der Waals surface area (Å²) in [6.45, 7) is -1.36. The second kappa shape index (κ2) is 6.29. The Kier molecular flexibility index (Phi) is 4.76. The number of hydrogen-bond donors (Lipinski definition) is 1. The molecule has 128 valence electrons. The fourth-order valence-corrected chi connectivity index (χ4v) is 2.45. The zero-order valence-electron chi connectivity index (χ0n) is 11.8.